The van der Waals surface area contributed by atoms with E-state index in [-0.39, 0.29) is 10.6 Å². The molecule has 1 fully saturated rings. The first kappa shape index (κ1) is 21.2. The smallest absolute Gasteiger partial charge is 0.277 e. The van der Waals surface area contributed by atoms with Crippen molar-refractivity contribution in [3.63, 3.8) is 0 Å². The van der Waals surface area contributed by atoms with Gasteiger partial charge < -0.3 is 5.32 Å². The zero-order valence-corrected chi connectivity index (χ0v) is 18.0. The molecule has 1 saturated heterocycles. The fourth-order valence-electron chi connectivity index (χ4n) is 3.59. The summed E-state index contributed by atoms with van der Waals surface area (Å²) in [4.78, 5) is 12.7. The highest BCUT2D eigenvalue weighted by molar-refractivity contribution is 7.89. The van der Waals surface area contributed by atoms with Gasteiger partial charge in [0.15, 0.2) is 5.69 Å². The summed E-state index contributed by atoms with van der Waals surface area (Å²) in [5.41, 5.74) is 1.75. The quantitative estimate of drug-likeness (QED) is 0.636. The van der Waals surface area contributed by atoms with Crippen molar-refractivity contribution in [3.8, 4) is 0 Å². The molecule has 0 unspecified atom stereocenters. The Bertz CT molecular complexity index is 1120. The van der Waals surface area contributed by atoms with Crippen molar-refractivity contribution < 1.29 is 13.2 Å². The summed E-state index contributed by atoms with van der Waals surface area (Å²) in [5, 5.41) is 10.7. The number of carbonyl (C=O) groups excluding carboxylic acids is 1. The van der Waals surface area contributed by atoms with Crippen LogP contribution >= 0.6 is 0 Å². The van der Waals surface area contributed by atoms with Crippen LogP contribution in [-0.4, -0.2) is 46.7 Å². The predicted octanol–water partition coefficient (Wildman–Crippen LogP) is 3.14. The summed E-state index contributed by atoms with van der Waals surface area (Å²) in [5.74, 6) is -0.401. The van der Waals surface area contributed by atoms with Gasteiger partial charge >= 0.3 is 0 Å². The second-order valence-corrected chi connectivity index (χ2v) is 9.52. The van der Waals surface area contributed by atoms with Crippen molar-refractivity contribution >= 4 is 21.6 Å². The van der Waals surface area contributed by atoms with E-state index in [4.69, 9.17) is 0 Å². The minimum atomic E-state index is -3.51. The molecular formula is C22H25N5O3S. The van der Waals surface area contributed by atoms with Crippen molar-refractivity contribution in [2.45, 2.75) is 37.1 Å². The molecule has 1 aliphatic heterocycles. The number of benzene rings is 2. The highest BCUT2D eigenvalue weighted by Gasteiger charge is 2.25. The summed E-state index contributed by atoms with van der Waals surface area (Å²) in [6, 6.07) is 16.0. The highest BCUT2D eigenvalue weighted by Crippen LogP contribution is 2.22. The molecule has 0 atom stereocenters. The molecule has 1 aromatic heterocycles. The minimum Gasteiger partial charge on any atom is -0.321 e. The lowest BCUT2D eigenvalue weighted by Gasteiger charge is -2.20. The van der Waals surface area contributed by atoms with Gasteiger partial charge in [-0.2, -0.15) is 4.31 Å². The van der Waals surface area contributed by atoms with E-state index in [1.165, 1.54) is 12.1 Å². The fourth-order valence-corrected chi connectivity index (χ4v) is 5.10. The van der Waals surface area contributed by atoms with Crippen LogP contribution in [0.4, 0.5) is 5.69 Å². The fraction of sp³-hybridized carbons (Fsp3) is 0.318. The van der Waals surface area contributed by atoms with Crippen LogP contribution in [0.2, 0.25) is 0 Å². The number of anilines is 1. The molecule has 0 bridgehead atoms. The van der Waals surface area contributed by atoms with Crippen molar-refractivity contribution in [2.24, 2.45) is 0 Å². The zero-order chi connectivity index (χ0) is 21.7. The maximum atomic E-state index is 12.9. The van der Waals surface area contributed by atoms with Crippen LogP contribution in [-0.2, 0) is 16.6 Å². The summed E-state index contributed by atoms with van der Waals surface area (Å²) in [6.07, 6.45) is 5.48. The summed E-state index contributed by atoms with van der Waals surface area (Å²) >= 11 is 0. The van der Waals surface area contributed by atoms with Crippen molar-refractivity contribution in [1.29, 1.82) is 0 Å². The van der Waals surface area contributed by atoms with E-state index < -0.39 is 15.9 Å². The van der Waals surface area contributed by atoms with Crippen molar-refractivity contribution in [3.05, 3.63) is 72.1 Å². The third-order valence-corrected chi connectivity index (χ3v) is 7.19. The molecule has 2 aromatic carbocycles. The van der Waals surface area contributed by atoms with Crippen LogP contribution in [0.5, 0.6) is 0 Å². The molecule has 1 aliphatic rings. The molecule has 0 saturated carbocycles. The number of rotatable bonds is 6. The molecule has 3 aromatic rings. The molecule has 0 aliphatic carbocycles. The Morgan fingerprint density at radius 3 is 2.29 bits per heavy atom. The highest BCUT2D eigenvalue weighted by atomic mass is 32.2. The van der Waals surface area contributed by atoms with Crippen LogP contribution in [0.1, 0.15) is 41.7 Å². The maximum absolute atomic E-state index is 12.9. The van der Waals surface area contributed by atoms with E-state index in [0.717, 1.165) is 31.2 Å². The standard InChI is InChI=1S/C22H25N5O3S/c28-22(21-17-26(25-24-21)16-18-8-4-3-5-9-18)23-19-10-12-20(13-11-19)31(29,30)27-14-6-1-2-7-15-27/h3-5,8-13,17H,1-2,6-7,14-16H2,(H,23,28). The lowest BCUT2D eigenvalue weighted by Crippen LogP contribution is -2.31. The number of amides is 1. The second kappa shape index (κ2) is 9.40. The second-order valence-electron chi connectivity index (χ2n) is 7.58. The Morgan fingerprint density at radius 2 is 1.61 bits per heavy atom. The number of nitrogens with one attached hydrogen (secondary N) is 1. The van der Waals surface area contributed by atoms with E-state index in [9.17, 15) is 13.2 Å². The van der Waals surface area contributed by atoms with Gasteiger partial charge in [-0.1, -0.05) is 48.4 Å². The summed E-state index contributed by atoms with van der Waals surface area (Å²) in [7, 11) is -3.51. The Labute approximate surface area is 181 Å². The summed E-state index contributed by atoms with van der Waals surface area (Å²) in [6.45, 7) is 1.63. The van der Waals surface area contributed by atoms with E-state index in [2.05, 4.69) is 15.6 Å². The molecule has 8 nitrogen and oxygen atoms in total. The number of nitrogens with zero attached hydrogens (tertiary/aromatic N) is 4. The van der Waals surface area contributed by atoms with Gasteiger partial charge in [0.1, 0.15) is 0 Å². The number of carbonyl (C=O) groups is 1. The Hall–Kier alpha value is -3.04. The van der Waals surface area contributed by atoms with Crippen LogP contribution in [0.15, 0.2) is 65.7 Å². The molecule has 162 valence electrons. The van der Waals surface area contributed by atoms with Gasteiger partial charge in [-0.3, -0.25) is 4.79 Å². The molecule has 2 heterocycles. The van der Waals surface area contributed by atoms with Gasteiger partial charge in [0, 0.05) is 18.8 Å². The topological polar surface area (TPSA) is 97.2 Å². The van der Waals surface area contributed by atoms with E-state index in [0.29, 0.717) is 25.3 Å². The minimum absolute atomic E-state index is 0.192. The first-order valence-corrected chi connectivity index (χ1v) is 11.8. The van der Waals surface area contributed by atoms with Crippen LogP contribution in [0.25, 0.3) is 0 Å². The third-order valence-electron chi connectivity index (χ3n) is 5.27. The predicted molar refractivity (Wildman–Crippen MR) is 117 cm³/mol. The number of aromatic nitrogens is 3. The van der Waals surface area contributed by atoms with Crippen molar-refractivity contribution in [1.82, 2.24) is 19.3 Å². The molecule has 1 amide bonds. The molecule has 0 spiro atoms. The van der Waals surface area contributed by atoms with Crippen LogP contribution < -0.4 is 5.32 Å². The third kappa shape index (κ3) is 5.18. The number of hydrogen-bond donors (Lipinski definition) is 1. The van der Waals surface area contributed by atoms with Gasteiger partial charge in [-0.25, -0.2) is 13.1 Å². The lowest BCUT2D eigenvalue weighted by atomic mass is 10.2. The van der Waals surface area contributed by atoms with Crippen LogP contribution in [0.3, 0.4) is 0 Å². The monoisotopic (exact) mass is 439 g/mol. The van der Waals surface area contributed by atoms with Crippen molar-refractivity contribution in [2.75, 3.05) is 18.4 Å². The van der Waals surface area contributed by atoms with Crippen LogP contribution in [0, 0.1) is 0 Å². The van der Waals surface area contributed by atoms with E-state index in [1.54, 1.807) is 27.3 Å². The maximum Gasteiger partial charge on any atom is 0.277 e. The molecule has 9 heteroatoms. The first-order chi connectivity index (χ1) is 15.0. The average molecular weight is 440 g/mol. The largest absolute Gasteiger partial charge is 0.321 e. The molecule has 1 N–H and O–H groups in total. The first-order valence-electron chi connectivity index (χ1n) is 10.4. The Kier molecular flexibility index (Phi) is 6.43. The Morgan fingerprint density at radius 1 is 0.935 bits per heavy atom. The van der Waals surface area contributed by atoms with E-state index >= 15 is 0 Å². The van der Waals surface area contributed by atoms with Gasteiger partial charge in [-0.15, -0.1) is 5.10 Å². The SMILES string of the molecule is O=C(Nc1ccc(S(=O)(=O)N2CCCCCC2)cc1)c1cn(Cc2ccccc2)nn1. The molecule has 0 radical (unpaired) electrons. The molecule has 31 heavy (non-hydrogen) atoms. The molecular weight excluding hydrogens is 414 g/mol. The Balaban J connectivity index is 1.40. The van der Waals surface area contributed by atoms with Gasteiger partial charge in [0.25, 0.3) is 5.91 Å². The van der Waals surface area contributed by atoms with Gasteiger partial charge in [0.2, 0.25) is 10.0 Å². The summed E-state index contributed by atoms with van der Waals surface area (Å²) < 4.78 is 28.9. The van der Waals surface area contributed by atoms with Gasteiger partial charge in [-0.05, 0) is 42.7 Å². The number of sulfonamides is 1. The van der Waals surface area contributed by atoms with Gasteiger partial charge in [0.05, 0.1) is 17.6 Å². The zero-order valence-electron chi connectivity index (χ0n) is 17.1. The molecule has 4 rings (SSSR count). The number of hydrogen-bond acceptors (Lipinski definition) is 5. The van der Waals surface area contributed by atoms with E-state index in [1.807, 2.05) is 30.3 Å². The average Bonchev–Trinajstić information content (AvgIpc) is 3.06. The lowest BCUT2D eigenvalue weighted by molar-refractivity contribution is 0.102. The normalized spacial score (nSPS) is 15.4.